The van der Waals surface area contributed by atoms with Gasteiger partial charge < -0.3 is 29.7 Å². The maximum absolute atomic E-state index is 12.3. The second kappa shape index (κ2) is 11.1. The minimum absolute atomic E-state index is 0.0158. The summed E-state index contributed by atoms with van der Waals surface area (Å²) in [7, 11) is 0. The Balaban J connectivity index is 1.33. The number of ether oxygens (including phenoxy) is 3. The molecule has 0 saturated carbocycles. The zero-order chi connectivity index (χ0) is 23.9. The van der Waals surface area contributed by atoms with Crippen molar-refractivity contribution in [2.45, 2.75) is 18.9 Å². The van der Waals surface area contributed by atoms with E-state index < -0.39 is 0 Å². The van der Waals surface area contributed by atoms with Gasteiger partial charge in [0, 0.05) is 55.3 Å². The van der Waals surface area contributed by atoms with Crippen LogP contribution in [0.1, 0.15) is 12.8 Å². The molecule has 11 nitrogen and oxygen atoms in total. The fourth-order valence-corrected chi connectivity index (χ4v) is 3.81. The molecular formula is C24H27N7O4. The number of aromatic nitrogens is 4. The number of hydrogen-bond acceptors (Lipinski definition) is 9. The van der Waals surface area contributed by atoms with E-state index in [2.05, 4.69) is 30.5 Å². The van der Waals surface area contributed by atoms with Gasteiger partial charge in [0.15, 0.2) is 5.82 Å². The average Bonchev–Trinajstić information content (AvgIpc) is 2.90. The summed E-state index contributed by atoms with van der Waals surface area (Å²) >= 11 is 0. The van der Waals surface area contributed by atoms with E-state index in [-0.39, 0.29) is 12.1 Å². The number of pyridine rings is 1. The minimum Gasteiger partial charge on any atom is -0.460 e. The highest BCUT2D eigenvalue weighted by Crippen LogP contribution is 2.24. The lowest BCUT2D eigenvalue weighted by Gasteiger charge is -2.27. The Morgan fingerprint density at radius 2 is 1.51 bits per heavy atom. The Morgan fingerprint density at radius 1 is 0.857 bits per heavy atom. The molecule has 2 fully saturated rings. The summed E-state index contributed by atoms with van der Waals surface area (Å²) in [5.74, 6) is 1.08. The van der Waals surface area contributed by atoms with Crippen LogP contribution in [0.4, 0.5) is 22.1 Å². The molecule has 3 aromatic rings. The predicted octanol–water partition coefficient (Wildman–Crippen LogP) is 2.97. The number of carbonyl (C=O) groups excluding carboxylic acids is 1. The third-order valence-corrected chi connectivity index (χ3v) is 5.68. The first-order valence-electron chi connectivity index (χ1n) is 11.6. The van der Waals surface area contributed by atoms with Gasteiger partial charge in [0.05, 0.1) is 26.4 Å². The van der Waals surface area contributed by atoms with Crippen LogP contribution in [-0.2, 0) is 9.47 Å². The van der Waals surface area contributed by atoms with Crippen molar-refractivity contribution in [1.29, 1.82) is 0 Å². The molecule has 0 spiro atoms. The maximum atomic E-state index is 12.3. The summed E-state index contributed by atoms with van der Waals surface area (Å²) in [6.07, 6.45) is 4.85. The monoisotopic (exact) mass is 477 g/mol. The van der Waals surface area contributed by atoms with E-state index in [1.807, 2.05) is 12.1 Å². The van der Waals surface area contributed by atoms with Crippen molar-refractivity contribution < 1.29 is 19.0 Å². The highest BCUT2D eigenvalue weighted by molar-refractivity contribution is 5.99. The molecule has 5 rings (SSSR count). The van der Waals surface area contributed by atoms with Gasteiger partial charge in [-0.15, -0.1) is 0 Å². The second-order valence-electron chi connectivity index (χ2n) is 8.16. The Hall–Kier alpha value is -3.83. The smallest absolute Gasteiger partial charge is 0.323 e. The highest BCUT2D eigenvalue weighted by Gasteiger charge is 2.21. The molecule has 2 saturated heterocycles. The summed E-state index contributed by atoms with van der Waals surface area (Å²) in [6, 6.07) is 10.7. The van der Waals surface area contributed by atoms with Crippen LogP contribution in [0.5, 0.6) is 6.01 Å². The molecule has 2 N–H and O–H groups in total. The average molecular weight is 478 g/mol. The van der Waals surface area contributed by atoms with Gasteiger partial charge >= 0.3 is 12.0 Å². The predicted molar refractivity (Wildman–Crippen MR) is 130 cm³/mol. The van der Waals surface area contributed by atoms with E-state index in [0.29, 0.717) is 68.7 Å². The van der Waals surface area contributed by atoms with Crippen LogP contribution in [0.25, 0.3) is 11.4 Å². The molecule has 2 aromatic heterocycles. The van der Waals surface area contributed by atoms with E-state index in [1.54, 1.807) is 36.7 Å². The van der Waals surface area contributed by atoms with Crippen molar-refractivity contribution in [2.24, 2.45) is 0 Å². The Kier molecular flexibility index (Phi) is 7.25. The topological polar surface area (TPSA) is 124 Å². The standard InChI is InChI=1S/C24H27N7O4/c32-23(27-19-5-9-25-10-6-19)26-18-3-1-17(2-4-18)21-28-22(31-11-15-34-16-12-31)30-24(29-21)35-20-7-13-33-14-8-20/h1-6,9-10,20H,7-8,11-16H2,(H2,25,26,27,32). The van der Waals surface area contributed by atoms with Crippen molar-refractivity contribution in [3.8, 4) is 17.4 Å². The van der Waals surface area contributed by atoms with Gasteiger partial charge in [-0.3, -0.25) is 4.98 Å². The molecular weight excluding hydrogens is 450 g/mol. The van der Waals surface area contributed by atoms with Crippen LogP contribution in [0.3, 0.4) is 0 Å². The van der Waals surface area contributed by atoms with Gasteiger partial charge in [-0.05, 0) is 36.4 Å². The molecule has 0 bridgehead atoms. The van der Waals surface area contributed by atoms with E-state index in [4.69, 9.17) is 19.2 Å². The second-order valence-corrected chi connectivity index (χ2v) is 8.16. The van der Waals surface area contributed by atoms with Crippen LogP contribution in [0.15, 0.2) is 48.8 Å². The largest absolute Gasteiger partial charge is 0.460 e. The third kappa shape index (κ3) is 6.19. The fourth-order valence-electron chi connectivity index (χ4n) is 3.81. The van der Waals surface area contributed by atoms with Crippen molar-refractivity contribution in [1.82, 2.24) is 19.9 Å². The lowest BCUT2D eigenvalue weighted by Crippen LogP contribution is -2.37. The van der Waals surface area contributed by atoms with Crippen LogP contribution < -0.4 is 20.3 Å². The van der Waals surface area contributed by atoms with Crippen molar-refractivity contribution in [3.63, 3.8) is 0 Å². The molecule has 11 heteroatoms. The van der Waals surface area contributed by atoms with Crippen LogP contribution in [-0.4, -0.2) is 71.6 Å². The van der Waals surface area contributed by atoms with E-state index in [1.165, 1.54) is 0 Å². The van der Waals surface area contributed by atoms with Gasteiger partial charge in [-0.2, -0.15) is 15.0 Å². The van der Waals surface area contributed by atoms with Crippen LogP contribution in [0, 0.1) is 0 Å². The molecule has 2 aliphatic rings. The molecule has 0 aliphatic carbocycles. The zero-order valence-electron chi connectivity index (χ0n) is 19.2. The number of carbonyl (C=O) groups is 1. The number of benzene rings is 1. The summed E-state index contributed by atoms with van der Waals surface area (Å²) in [5, 5.41) is 5.58. The van der Waals surface area contributed by atoms with Gasteiger partial charge in [-0.25, -0.2) is 4.79 Å². The van der Waals surface area contributed by atoms with Crippen LogP contribution in [0.2, 0.25) is 0 Å². The Morgan fingerprint density at radius 3 is 2.23 bits per heavy atom. The van der Waals surface area contributed by atoms with Gasteiger partial charge in [0.1, 0.15) is 6.10 Å². The molecule has 35 heavy (non-hydrogen) atoms. The number of amides is 2. The van der Waals surface area contributed by atoms with Gasteiger partial charge in [0.25, 0.3) is 0 Å². The molecule has 1 aromatic carbocycles. The van der Waals surface area contributed by atoms with E-state index >= 15 is 0 Å². The number of nitrogens with one attached hydrogen (secondary N) is 2. The molecule has 0 unspecified atom stereocenters. The summed E-state index contributed by atoms with van der Waals surface area (Å²) in [4.78, 5) is 32.2. The number of rotatable bonds is 6. The third-order valence-electron chi connectivity index (χ3n) is 5.68. The lowest BCUT2D eigenvalue weighted by atomic mass is 10.2. The quantitative estimate of drug-likeness (QED) is 0.551. The highest BCUT2D eigenvalue weighted by atomic mass is 16.5. The van der Waals surface area contributed by atoms with E-state index in [0.717, 1.165) is 18.4 Å². The summed E-state index contributed by atoms with van der Waals surface area (Å²) < 4.78 is 17.0. The maximum Gasteiger partial charge on any atom is 0.323 e. The molecule has 0 radical (unpaired) electrons. The van der Waals surface area contributed by atoms with E-state index in [9.17, 15) is 4.79 Å². The number of morpholine rings is 1. The number of hydrogen-bond donors (Lipinski definition) is 2. The first-order chi connectivity index (χ1) is 17.2. The molecule has 2 aliphatic heterocycles. The number of nitrogens with zero attached hydrogens (tertiary/aromatic N) is 5. The molecule has 182 valence electrons. The first-order valence-corrected chi connectivity index (χ1v) is 11.6. The first kappa shape index (κ1) is 22.9. The minimum atomic E-state index is -0.342. The molecule has 0 atom stereocenters. The van der Waals surface area contributed by atoms with Crippen molar-refractivity contribution in [3.05, 3.63) is 48.8 Å². The fraction of sp³-hybridized carbons (Fsp3) is 0.375. The van der Waals surface area contributed by atoms with Crippen molar-refractivity contribution in [2.75, 3.05) is 55.1 Å². The normalized spacial score (nSPS) is 16.5. The summed E-state index contributed by atoms with van der Waals surface area (Å²) in [6.45, 7) is 3.99. The summed E-state index contributed by atoms with van der Waals surface area (Å²) in [5.41, 5.74) is 2.09. The van der Waals surface area contributed by atoms with Crippen LogP contribution >= 0.6 is 0 Å². The number of anilines is 3. The Labute approximate surface area is 202 Å². The number of urea groups is 1. The SMILES string of the molecule is O=C(Nc1ccncc1)Nc1ccc(-c2nc(OC3CCOCC3)nc(N3CCOCC3)n2)cc1. The van der Waals surface area contributed by atoms with Gasteiger partial charge in [0.2, 0.25) is 5.95 Å². The molecule has 4 heterocycles. The van der Waals surface area contributed by atoms with Gasteiger partial charge in [-0.1, -0.05) is 0 Å². The molecule has 2 amide bonds. The zero-order valence-corrected chi connectivity index (χ0v) is 19.2. The van der Waals surface area contributed by atoms with Crippen molar-refractivity contribution >= 4 is 23.4 Å². The lowest BCUT2D eigenvalue weighted by molar-refractivity contribution is 0.0217. The Bertz CT molecular complexity index is 1120.